The van der Waals surface area contributed by atoms with E-state index in [1.54, 1.807) is 41.6 Å². The highest BCUT2D eigenvalue weighted by Crippen LogP contribution is 2.36. The van der Waals surface area contributed by atoms with E-state index < -0.39 is 6.04 Å². The molecule has 0 aliphatic carbocycles. The van der Waals surface area contributed by atoms with Gasteiger partial charge in [0.2, 0.25) is 5.95 Å². The number of nitrogens with one attached hydrogen (secondary N) is 2. The van der Waals surface area contributed by atoms with Gasteiger partial charge in [-0.15, -0.1) is 5.10 Å². The molecule has 1 aromatic carbocycles. The van der Waals surface area contributed by atoms with Crippen LogP contribution in [0, 0.1) is 0 Å². The molecule has 1 aliphatic rings. The third-order valence-electron chi connectivity index (χ3n) is 6.29. The third-order valence-corrected chi connectivity index (χ3v) is 6.29. The normalized spacial score (nSPS) is 14.7. The van der Waals surface area contributed by atoms with Crippen LogP contribution >= 0.6 is 0 Å². The van der Waals surface area contributed by atoms with Gasteiger partial charge in [0.15, 0.2) is 5.82 Å². The molecular weight excluding hydrogens is 452 g/mol. The summed E-state index contributed by atoms with van der Waals surface area (Å²) in [6.07, 6.45) is 6.71. The monoisotopic (exact) mass is 480 g/mol. The molecule has 36 heavy (non-hydrogen) atoms. The van der Waals surface area contributed by atoms with Crippen LogP contribution in [-0.4, -0.2) is 43.7 Å². The van der Waals surface area contributed by atoms with Crippen LogP contribution in [0.2, 0.25) is 0 Å². The molecule has 1 atom stereocenters. The van der Waals surface area contributed by atoms with Crippen molar-refractivity contribution in [1.29, 1.82) is 0 Å². The molecule has 9 nitrogen and oxygen atoms in total. The van der Waals surface area contributed by atoms with Crippen LogP contribution in [0.4, 0.5) is 17.3 Å². The van der Waals surface area contributed by atoms with E-state index in [2.05, 4.69) is 51.5 Å². The van der Waals surface area contributed by atoms with E-state index in [4.69, 9.17) is 10.1 Å². The summed E-state index contributed by atoms with van der Waals surface area (Å²) in [5, 5.41) is 11.1. The van der Waals surface area contributed by atoms with Crippen molar-refractivity contribution in [3.8, 4) is 11.4 Å². The number of fused-ring (bicyclic) bond motifs is 1. The lowest BCUT2D eigenvalue weighted by Gasteiger charge is -2.28. The molecule has 182 valence electrons. The minimum Gasteiger partial charge on any atom is -0.372 e. The highest BCUT2D eigenvalue weighted by Gasteiger charge is 2.34. The Morgan fingerprint density at radius 2 is 1.78 bits per heavy atom. The summed E-state index contributed by atoms with van der Waals surface area (Å²) in [4.78, 5) is 28.8. The average Bonchev–Trinajstić information content (AvgIpc) is 3.33. The summed E-state index contributed by atoms with van der Waals surface area (Å²) >= 11 is 0. The molecule has 3 aromatic heterocycles. The third kappa shape index (κ3) is 4.43. The molecule has 0 saturated carbocycles. The average molecular weight is 481 g/mol. The molecule has 4 aromatic rings. The smallest absolute Gasteiger partial charge is 0.255 e. The lowest BCUT2D eigenvalue weighted by Crippen LogP contribution is -2.31. The number of nitrogens with zero attached hydrogens (tertiary/aromatic N) is 6. The van der Waals surface area contributed by atoms with E-state index in [0.29, 0.717) is 28.7 Å². The molecule has 0 radical (unpaired) electrons. The first-order chi connectivity index (χ1) is 17.6. The molecule has 9 heteroatoms. The van der Waals surface area contributed by atoms with Crippen LogP contribution in [-0.2, 0) is 4.79 Å². The number of anilines is 3. The Bertz CT molecular complexity index is 1380. The van der Waals surface area contributed by atoms with Crippen LogP contribution in [0.15, 0.2) is 84.6 Å². The van der Waals surface area contributed by atoms with E-state index in [-0.39, 0.29) is 5.91 Å². The number of pyridine rings is 2. The summed E-state index contributed by atoms with van der Waals surface area (Å²) in [5.74, 6) is 0.931. The van der Waals surface area contributed by atoms with E-state index in [0.717, 1.165) is 29.9 Å². The van der Waals surface area contributed by atoms with E-state index in [1.165, 1.54) is 0 Å². The number of hydrogen-bond donors (Lipinski definition) is 2. The van der Waals surface area contributed by atoms with Gasteiger partial charge in [-0.1, -0.05) is 0 Å². The van der Waals surface area contributed by atoms with Crippen LogP contribution in [0.25, 0.3) is 11.4 Å². The minimum absolute atomic E-state index is 0.235. The molecule has 2 N–H and O–H groups in total. The van der Waals surface area contributed by atoms with Crippen molar-refractivity contribution < 1.29 is 4.79 Å². The van der Waals surface area contributed by atoms with Gasteiger partial charge in [0.1, 0.15) is 6.04 Å². The van der Waals surface area contributed by atoms with Gasteiger partial charge in [0, 0.05) is 48.6 Å². The molecule has 0 bridgehead atoms. The van der Waals surface area contributed by atoms with Crippen molar-refractivity contribution in [3.63, 3.8) is 0 Å². The fraction of sp³-hybridized carbons (Fsp3) is 0.222. The zero-order valence-corrected chi connectivity index (χ0v) is 20.5. The molecule has 4 heterocycles. The minimum atomic E-state index is -0.475. The predicted octanol–water partition coefficient (Wildman–Crippen LogP) is 4.51. The van der Waals surface area contributed by atoms with Crippen LogP contribution in [0.1, 0.15) is 32.4 Å². The Morgan fingerprint density at radius 3 is 2.44 bits per heavy atom. The molecule has 1 amide bonds. The molecular formula is C27H28N8O. The molecule has 1 unspecified atom stereocenters. The Hall–Kier alpha value is -4.53. The maximum atomic E-state index is 13.5. The van der Waals surface area contributed by atoms with Gasteiger partial charge in [0.05, 0.1) is 17.5 Å². The van der Waals surface area contributed by atoms with Gasteiger partial charge < -0.3 is 15.5 Å². The Morgan fingerprint density at radius 1 is 1.03 bits per heavy atom. The zero-order valence-electron chi connectivity index (χ0n) is 20.5. The number of benzene rings is 1. The predicted molar refractivity (Wildman–Crippen MR) is 141 cm³/mol. The van der Waals surface area contributed by atoms with E-state index in [9.17, 15) is 4.79 Å². The second-order valence-electron chi connectivity index (χ2n) is 8.47. The maximum absolute atomic E-state index is 13.5. The van der Waals surface area contributed by atoms with Crippen LogP contribution in [0.5, 0.6) is 0 Å². The first kappa shape index (κ1) is 23.2. The Labute approximate surface area is 209 Å². The second-order valence-corrected chi connectivity index (χ2v) is 8.47. The number of amides is 1. The summed E-state index contributed by atoms with van der Waals surface area (Å²) in [6, 6.07) is 15.1. The Kier molecular flexibility index (Phi) is 6.44. The number of carbonyl (C=O) groups excluding carboxylic acids is 1. The molecule has 5 rings (SSSR count). The number of hydrogen-bond acceptors (Lipinski definition) is 7. The molecule has 0 saturated heterocycles. The number of carbonyl (C=O) groups is 1. The fourth-order valence-corrected chi connectivity index (χ4v) is 4.47. The summed E-state index contributed by atoms with van der Waals surface area (Å²) in [7, 11) is 0. The summed E-state index contributed by atoms with van der Waals surface area (Å²) in [5.41, 5.74) is 4.83. The Balaban J connectivity index is 1.53. The number of rotatable bonds is 7. The van der Waals surface area contributed by atoms with E-state index in [1.807, 2.05) is 31.2 Å². The van der Waals surface area contributed by atoms with Gasteiger partial charge in [-0.2, -0.15) is 4.98 Å². The van der Waals surface area contributed by atoms with Gasteiger partial charge in [0.25, 0.3) is 5.91 Å². The van der Waals surface area contributed by atoms with Crippen molar-refractivity contribution in [2.45, 2.75) is 26.8 Å². The summed E-state index contributed by atoms with van der Waals surface area (Å²) in [6.45, 7) is 8.05. The van der Waals surface area contributed by atoms with Crippen molar-refractivity contribution in [1.82, 2.24) is 24.7 Å². The number of allylic oxidation sites excluding steroid dienone is 1. The topological polar surface area (TPSA) is 101 Å². The van der Waals surface area contributed by atoms with Gasteiger partial charge in [-0.05, 0) is 74.9 Å². The maximum Gasteiger partial charge on any atom is 0.255 e. The van der Waals surface area contributed by atoms with Crippen LogP contribution in [0.3, 0.4) is 0 Å². The first-order valence-electron chi connectivity index (χ1n) is 12.0. The highest BCUT2D eigenvalue weighted by molar-refractivity contribution is 6.05. The van der Waals surface area contributed by atoms with Crippen molar-refractivity contribution in [2.24, 2.45) is 0 Å². The van der Waals surface area contributed by atoms with E-state index >= 15 is 0 Å². The quantitative estimate of drug-likeness (QED) is 0.401. The largest absolute Gasteiger partial charge is 0.372 e. The van der Waals surface area contributed by atoms with Crippen molar-refractivity contribution in [2.75, 3.05) is 28.6 Å². The summed E-state index contributed by atoms with van der Waals surface area (Å²) < 4.78 is 1.77. The number of aromatic nitrogens is 5. The molecule has 0 fully saturated rings. The van der Waals surface area contributed by atoms with Gasteiger partial charge in [-0.25, -0.2) is 4.68 Å². The van der Waals surface area contributed by atoms with Gasteiger partial charge >= 0.3 is 0 Å². The molecule has 0 spiro atoms. The lowest BCUT2D eigenvalue weighted by atomic mass is 9.96. The SMILES string of the molecule is CCN(CC)c1ccc(-c2nc3n(n2)C(c2ccncc2)C(C(=O)Nc2cccnc2)=C(C)N3)cc1. The lowest BCUT2D eigenvalue weighted by molar-refractivity contribution is -0.113. The second kappa shape index (κ2) is 9.99. The van der Waals surface area contributed by atoms with Gasteiger partial charge in [-0.3, -0.25) is 14.8 Å². The molecule has 1 aliphatic heterocycles. The van der Waals surface area contributed by atoms with Crippen molar-refractivity contribution >= 4 is 23.2 Å². The highest BCUT2D eigenvalue weighted by atomic mass is 16.1. The van der Waals surface area contributed by atoms with Crippen LogP contribution < -0.4 is 15.5 Å². The fourth-order valence-electron chi connectivity index (χ4n) is 4.47. The zero-order chi connectivity index (χ0) is 25.1. The van der Waals surface area contributed by atoms with Crippen molar-refractivity contribution in [3.05, 3.63) is 90.2 Å². The standard InChI is InChI=1S/C27H28N8O/c1-4-34(5-2)22-10-8-20(9-11-22)25-32-27-30-18(3)23(26(36)31-21-7-6-14-29-17-21)24(35(27)33-25)19-12-15-28-16-13-19/h6-17,24H,4-5H2,1-3H3,(H,31,36)(H,30,32,33). The first-order valence-corrected chi connectivity index (χ1v) is 12.0.